The number of hydrogen-bond acceptors (Lipinski definition) is 4. The van der Waals surface area contributed by atoms with Crippen LogP contribution in [-0.4, -0.2) is 40.0 Å². The van der Waals surface area contributed by atoms with Gasteiger partial charge in [0, 0.05) is 18.9 Å². The molecule has 1 unspecified atom stereocenters. The van der Waals surface area contributed by atoms with Crippen LogP contribution in [0.3, 0.4) is 0 Å². The zero-order chi connectivity index (χ0) is 17.7. The molecule has 0 bridgehead atoms. The van der Waals surface area contributed by atoms with Gasteiger partial charge in [0.25, 0.3) is 0 Å². The van der Waals surface area contributed by atoms with Crippen molar-refractivity contribution >= 4 is 14.1 Å². The highest BCUT2D eigenvalue weighted by molar-refractivity contribution is 6.69. The van der Waals surface area contributed by atoms with E-state index in [9.17, 15) is 4.79 Å². The maximum atomic E-state index is 11.9. The minimum absolute atomic E-state index is 0.0232. The maximum Gasteiger partial charge on any atom is 0.184 e. The van der Waals surface area contributed by atoms with E-state index in [1.165, 1.54) is 0 Å². The van der Waals surface area contributed by atoms with Crippen molar-refractivity contribution in [1.29, 1.82) is 0 Å². The molecule has 1 aliphatic heterocycles. The lowest BCUT2D eigenvalue weighted by atomic mass is 9.84. The predicted molar refractivity (Wildman–Crippen MR) is 98.2 cm³/mol. The van der Waals surface area contributed by atoms with Crippen LogP contribution in [0, 0.1) is 0 Å². The molecule has 0 N–H and O–H groups in total. The van der Waals surface area contributed by atoms with Gasteiger partial charge >= 0.3 is 0 Å². The average molecular weight is 351 g/mol. The molecule has 0 spiro atoms. The van der Waals surface area contributed by atoms with Gasteiger partial charge in [-0.2, -0.15) is 0 Å². The van der Waals surface area contributed by atoms with Crippen molar-refractivity contribution < 1.29 is 18.7 Å². The second-order valence-corrected chi connectivity index (χ2v) is 12.0. The van der Waals surface area contributed by atoms with Gasteiger partial charge in [0.05, 0.1) is 19.3 Å². The molecule has 1 aromatic rings. The molecule has 2 rings (SSSR count). The fraction of sp³-hybridized carbons (Fsp3) is 0.632. The topological polar surface area (TPSA) is 44.8 Å². The van der Waals surface area contributed by atoms with Crippen LogP contribution in [0.4, 0.5) is 0 Å². The SMILES string of the molecule is COc1ccc(C(CC(C)=O)[C@H]2OCCC[C@H]2O[Si](C)(C)C)cc1. The molecule has 1 fully saturated rings. The third-order valence-corrected chi connectivity index (χ3v) is 5.27. The molecule has 1 heterocycles. The van der Waals surface area contributed by atoms with Crippen LogP contribution in [0.25, 0.3) is 0 Å². The molecule has 0 saturated carbocycles. The molecule has 0 amide bonds. The number of ketones is 1. The molecule has 3 atom stereocenters. The lowest BCUT2D eigenvalue weighted by Gasteiger charge is -2.40. The van der Waals surface area contributed by atoms with Crippen LogP contribution in [0.5, 0.6) is 5.75 Å². The second kappa shape index (κ2) is 8.27. The number of rotatable bonds is 7. The summed E-state index contributed by atoms with van der Waals surface area (Å²) >= 11 is 0. The van der Waals surface area contributed by atoms with Crippen molar-refractivity contribution in [2.24, 2.45) is 0 Å². The summed E-state index contributed by atoms with van der Waals surface area (Å²) in [7, 11) is -0.0160. The van der Waals surface area contributed by atoms with E-state index >= 15 is 0 Å². The smallest absolute Gasteiger partial charge is 0.184 e. The lowest BCUT2D eigenvalue weighted by Crippen LogP contribution is -2.46. The molecular formula is C19H30O4Si. The third kappa shape index (κ3) is 5.43. The molecule has 134 valence electrons. The Hall–Kier alpha value is -1.17. The molecule has 5 heteroatoms. The Labute approximate surface area is 146 Å². The van der Waals surface area contributed by atoms with Crippen LogP contribution < -0.4 is 4.74 Å². The van der Waals surface area contributed by atoms with Crippen LogP contribution in [0.15, 0.2) is 24.3 Å². The minimum Gasteiger partial charge on any atom is -0.497 e. The van der Waals surface area contributed by atoms with Crippen molar-refractivity contribution in [2.45, 2.75) is 64.0 Å². The van der Waals surface area contributed by atoms with Crippen molar-refractivity contribution in [3.63, 3.8) is 0 Å². The van der Waals surface area contributed by atoms with Crippen LogP contribution >= 0.6 is 0 Å². The van der Waals surface area contributed by atoms with E-state index in [-0.39, 0.29) is 23.9 Å². The molecule has 0 aliphatic carbocycles. The summed E-state index contributed by atoms with van der Waals surface area (Å²) in [6.07, 6.45) is 2.49. The zero-order valence-corrected chi connectivity index (χ0v) is 16.5. The Balaban J connectivity index is 2.27. The number of methoxy groups -OCH3 is 1. The first-order chi connectivity index (χ1) is 11.3. The average Bonchev–Trinajstić information content (AvgIpc) is 2.52. The highest BCUT2D eigenvalue weighted by atomic mass is 28.4. The molecule has 24 heavy (non-hydrogen) atoms. The number of ether oxygens (including phenoxy) is 2. The summed E-state index contributed by atoms with van der Waals surface area (Å²) in [6, 6.07) is 7.96. The van der Waals surface area contributed by atoms with E-state index in [1.807, 2.05) is 24.3 Å². The summed E-state index contributed by atoms with van der Waals surface area (Å²) in [6.45, 7) is 8.98. The molecule has 1 saturated heterocycles. The monoisotopic (exact) mass is 350 g/mol. The Kier molecular flexibility index (Phi) is 6.60. The third-order valence-electron chi connectivity index (χ3n) is 4.26. The molecule has 0 aromatic heterocycles. The summed E-state index contributed by atoms with van der Waals surface area (Å²) in [5.41, 5.74) is 1.11. The first kappa shape index (κ1) is 19.2. The first-order valence-electron chi connectivity index (χ1n) is 8.73. The van der Waals surface area contributed by atoms with Gasteiger partial charge in [-0.15, -0.1) is 0 Å². The molecule has 1 aliphatic rings. The Morgan fingerprint density at radius 1 is 1.29 bits per heavy atom. The van der Waals surface area contributed by atoms with Gasteiger partial charge in [-0.3, -0.25) is 0 Å². The quantitative estimate of drug-likeness (QED) is 0.693. The van der Waals surface area contributed by atoms with Crippen molar-refractivity contribution in [2.75, 3.05) is 13.7 Å². The highest BCUT2D eigenvalue weighted by Gasteiger charge is 2.37. The van der Waals surface area contributed by atoms with Gasteiger partial charge in [0.1, 0.15) is 11.5 Å². The van der Waals surface area contributed by atoms with E-state index in [2.05, 4.69) is 19.6 Å². The van der Waals surface area contributed by atoms with Gasteiger partial charge in [-0.1, -0.05) is 12.1 Å². The Bertz CT molecular complexity index is 535. The fourth-order valence-electron chi connectivity index (χ4n) is 3.32. The van der Waals surface area contributed by atoms with Crippen LogP contribution in [0.2, 0.25) is 19.6 Å². The summed E-state index contributed by atoms with van der Waals surface area (Å²) in [4.78, 5) is 11.9. The Morgan fingerprint density at radius 3 is 2.50 bits per heavy atom. The largest absolute Gasteiger partial charge is 0.497 e. The van der Waals surface area contributed by atoms with Crippen LogP contribution in [0.1, 0.15) is 37.7 Å². The van der Waals surface area contributed by atoms with E-state index in [0.717, 1.165) is 30.8 Å². The standard InChI is InChI=1S/C19H30O4Si/c1-14(20)13-17(15-8-10-16(21-2)11-9-15)19-18(7-6-12-22-19)23-24(3,4)5/h8-11,17-19H,6-7,12-13H2,1-5H3/t17?,18-,19-/m1/s1. The van der Waals surface area contributed by atoms with Gasteiger partial charge in [-0.05, 0) is 57.1 Å². The number of benzene rings is 1. The van der Waals surface area contributed by atoms with Crippen molar-refractivity contribution in [3.8, 4) is 5.75 Å². The second-order valence-electron chi connectivity index (χ2n) is 7.53. The van der Waals surface area contributed by atoms with Gasteiger partial charge in [0.2, 0.25) is 0 Å². The molecule has 4 nitrogen and oxygen atoms in total. The fourth-order valence-corrected chi connectivity index (χ4v) is 4.48. The van der Waals surface area contributed by atoms with E-state index in [4.69, 9.17) is 13.9 Å². The molecule has 1 aromatic carbocycles. The number of carbonyl (C=O) groups excluding carboxylic acids is 1. The number of hydrogen-bond donors (Lipinski definition) is 0. The number of carbonyl (C=O) groups is 1. The summed E-state index contributed by atoms with van der Waals surface area (Å²) in [5, 5.41) is 0. The van der Waals surface area contributed by atoms with Gasteiger partial charge in [-0.25, -0.2) is 0 Å². The predicted octanol–water partition coefficient (Wildman–Crippen LogP) is 4.16. The minimum atomic E-state index is -1.67. The van der Waals surface area contributed by atoms with Gasteiger partial charge in [0.15, 0.2) is 8.32 Å². The van der Waals surface area contributed by atoms with E-state index < -0.39 is 8.32 Å². The maximum absolute atomic E-state index is 11.9. The molecular weight excluding hydrogens is 320 g/mol. The van der Waals surface area contributed by atoms with Crippen LogP contribution in [-0.2, 0) is 14.0 Å². The van der Waals surface area contributed by atoms with E-state index in [0.29, 0.717) is 6.42 Å². The van der Waals surface area contributed by atoms with Crippen molar-refractivity contribution in [1.82, 2.24) is 0 Å². The first-order valence-corrected chi connectivity index (χ1v) is 12.1. The Morgan fingerprint density at radius 2 is 1.96 bits per heavy atom. The lowest BCUT2D eigenvalue weighted by molar-refractivity contribution is -0.120. The van der Waals surface area contributed by atoms with Crippen molar-refractivity contribution in [3.05, 3.63) is 29.8 Å². The summed E-state index contributed by atoms with van der Waals surface area (Å²) < 4.78 is 17.8. The highest BCUT2D eigenvalue weighted by Crippen LogP contribution is 2.35. The normalized spacial score (nSPS) is 22.9. The number of Topliss-reactive ketones (excluding diaryl/α,β-unsaturated/α-hetero) is 1. The molecule has 0 radical (unpaired) electrons. The zero-order valence-electron chi connectivity index (χ0n) is 15.5. The van der Waals surface area contributed by atoms with E-state index in [1.54, 1.807) is 14.0 Å². The van der Waals surface area contributed by atoms with Gasteiger partial charge < -0.3 is 18.7 Å². The summed E-state index contributed by atoms with van der Waals surface area (Å²) in [5.74, 6) is 1.02.